The number of thiazole rings is 2. The smallest absolute Gasteiger partial charge is 0.310 e. The highest BCUT2D eigenvalue weighted by Crippen LogP contribution is 2.27. The summed E-state index contributed by atoms with van der Waals surface area (Å²) in [6, 6.07) is 26.9. The molecule has 2 unspecified atom stereocenters. The standard InChI is InChI=1S/C20H21N3O2S.C10H11N3OS.C10H12O2/c1-3-17(14-8-5-4-6-9-14)18(24)23-20-22-13-16(26-20)12-15-10-7-11-21-19(15)25-2;1-14-9-7(3-2-4-12-9)5-8-6-13-10(11)15-8;1-2-9(10(11)12)8-6-4-3-5-7-8/h4-11,13,17H,3,12H2,1-2H3,(H,22,23,24);2-4,6H,5H2,1H3,(H2,11,13);3-7,9H,2H2,1H3,(H,11,12). The Balaban J connectivity index is 0.000000196. The van der Waals surface area contributed by atoms with Crippen LogP contribution in [0.4, 0.5) is 10.3 Å². The molecule has 0 fully saturated rings. The van der Waals surface area contributed by atoms with Gasteiger partial charge in [0.1, 0.15) is 0 Å². The highest BCUT2D eigenvalue weighted by molar-refractivity contribution is 7.15. The Labute approximate surface area is 318 Å². The zero-order valence-corrected chi connectivity index (χ0v) is 31.8. The summed E-state index contributed by atoms with van der Waals surface area (Å²) in [7, 11) is 3.23. The predicted octanol–water partition coefficient (Wildman–Crippen LogP) is 8.25. The molecular formula is C40H44N6O5S2. The summed E-state index contributed by atoms with van der Waals surface area (Å²) in [5, 5.41) is 13.0. The Morgan fingerprint density at radius 2 is 1.19 bits per heavy atom. The van der Waals surface area contributed by atoms with E-state index >= 15 is 0 Å². The van der Waals surface area contributed by atoms with Crippen molar-refractivity contribution in [3.05, 3.63) is 142 Å². The number of rotatable bonds is 13. The summed E-state index contributed by atoms with van der Waals surface area (Å²) >= 11 is 2.96. The number of carbonyl (C=O) groups excluding carboxylic acids is 1. The molecule has 0 aliphatic carbocycles. The average Bonchev–Trinajstić information content (AvgIpc) is 3.81. The summed E-state index contributed by atoms with van der Waals surface area (Å²) in [4.78, 5) is 42.2. The van der Waals surface area contributed by atoms with E-state index in [9.17, 15) is 9.59 Å². The quantitative estimate of drug-likeness (QED) is 0.105. The predicted molar refractivity (Wildman–Crippen MR) is 211 cm³/mol. The number of nitrogens with zero attached hydrogens (tertiary/aromatic N) is 4. The van der Waals surface area contributed by atoms with Crippen molar-refractivity contribution >= 4 is 44.8 Å². The van der Waals surface area contributed by atoms with Gasteiger partial charge in [0.05, 0.1) is 26.1 Å². The second-order valence-electron chi connectivity index (χ2n) is 11.6. The number of benzene rings is 2. The third-order valence-electron chi connectivity index (χ3n) is 8.01. The van der Waals surface area contributed by atoms with Gasteiger partial charge in [-0.3, -0.25) is 9.59 Å². The van der Waals surface area contributed by atoms with Crippen molar-refractivity contribution in [2.75, 3.05) is 25.3 Å². The van der Waals surface area contributed by atoms with Crippen molar-refractivity contribution in [3.8, 4) is 11.8 Å². The molecule has 0 saturated carbocycles. The second kappa shape index (κ2) is 21.0. The van der Waals surface area contributed by atoms with E-state index in [-0.39, 0.29) is 17.7 Å². The summed E-state index contributed by atoms with van der Waals surface area (Å²) < 4.78 is 10.5. The van der Waals surface area contributed by atoms with Gasteiger partial charge in [0, 0.05) is 58.5 Å². The van der Waals surface area contributed by atoms with E-state index in [1.165, 1.54) is 22.7 Å². The minimum absolute atomic E-state index is 0.0291. The van der Waals surface area contributed by atoms with Gasteiger partial charge in [0.2, 0.25) is 17.7 Å². The minimum atomic E-state index is -0.747. The lowest BCUT2D eigenvalue weighted by atomic mass is 9.96. The van der Waals surface area contributed by atoms with Gasteiger partial charge in [-0.25, -0.2) is 19.9 Å². The Morgan fingerprint density at radius 3 is 1.64 bits per heavy atom. The van der Waals surface area contributed by atoms with Crippen LogP contribution in [0.5, 0.6) is 11.8 Å². The number of hydrogen-bond donors (Lipinski definition) is 3. The highest BCUT2D eigenvalue weighted by atomic mass is 32.1. The van der Waals surface area contributed by atoms with Crippen LogP contribution in [0.2, 0.25) is 0 Å². The molecule has 4 N–H and O–H groups in total. The molecule has 2 atom stereocenters. The first-order valence-electron chi connectivity index (χ1n) is 17.0. The molecule has 1 amide bonds. The van der Waals surface area contributed by atoms with Crippen LogP contribution in [0.1, 0.15) is 70.5 Å². The van der Waals surface area contributed by atoms with Crippen LogP contribution in [0.15, 0.2) is 110 Å². The Hall–Kier alpha value is -5.66. The van der Waals surface area contributed by atoms with Crippen LogP contribution in [0.3, 0.4) is 0 Å². The maximum atomic E-state index is 12.6. The summed E-state index contributed by atoms with van der Waals surface area (Å²) in [5.41, 5.74) is 9.50. The molecule has 11 nitrogen and oxygen atoms in total. The van der Waals surface area contributed by atoms with Gasteiger partial charge in [0.15, 0.2) is 10.3 Å². The number of ether oxygens (including phenoxy) is 2. The SMILES string of the molecule is CCC(C(=O)Nc1ncc(Cc2cccnc2OC)s1)c1ccccc1.CCC(C(=O)O)c1ccccc1.COc1ncccc1Cc1cnc(N)s1. The number of carboxylic acid groups (broad SMARTS) is 1. The van der Waals surface area contributed by atoms with Gasteiger partial charge in [-0.05, 0) is 36.1 Å². The third kappa shape index (κ3) is 12.2. The molecule has 4 aromatic heterocycles. The normalized spacial score (nSPS) is 11.5. The number of aliphatic carboxylic acids is 1. The molecule has 4 heterocycles. The summed E-state index contributed by atoms with van der Waals surface area (Å²) in [5.74, 6) is -0.0403. The van der Waals surface area contributed by atoms with Crippen LogP contribution >= 0.6 is 22.7 Å². The lowest BCUT2D eigenvalue weighted by Gasteiger charge is -2.14. The van der Waals surface area contributed by atoms with E-state index in [4.69, 9.17) is 20.3 Å². The fourth-order valence-corrected chi connectivity index (χ4v) is 6.95. The van der Waals surface area contributed by atoms with Crippen LogP contribution in [0.25, 0.3) is 0 Å². The largest absolute Gasteiger partial charge is 0.481 e. The average molecular weight is 753 g/mol. The lowest BCUT2D eigenvalue weighted by Crippen LogP contribution is -2.20. The van der Waals surface area contributed by atoms with Gasteiger partial charge in [-0.15, -0.1) is 22.7 Å². The number of nitrogens with two attached hydrogens (primary N) is 1. The monoisotopic (exact) mass is 752 g/mol. The molecule has 0 spiro atoms. The van der Waals surface area contributed by atoms with Crippen molar-refractivity contribution in [1.82, 2.24) is 19.9 Å². The van der Waals surface area contributed by atoms with Gasteiger partial charge in [-0.2, -0.15) is 0 Å². The summed E-state index contributed by atoms with van der Waals surface area (Å²) in [6.07, 6.45) is 9.79. The molecule has 0 aliphatic rings. The summed E-state index contributed by atoms with van der Waals surface area (Å²) in [6.45, 7) is 3.89. The molecule has 2 aromatic carbocycles. The number of anilines is 2. The molecule has 0 aliphatic heterocycles. The van der Waals surface area contributed by atoms with E-state index in [2.05, 4.69) is 25.3 Å². The van der Waals surface area contributed by atoms with Crippen LogP contribution < -0.4 is 20.5 Å². The van der Waals surface area contributed by atoms with E-state index in [1.807, 2.05) is 98.8 Å². The zero-order chi connectivity index (χ0) is 38.0. The number of aromatic nitrogens is 4. The molecular weight excluding hydrogens is 709 g/mol. The number of hydrogen-bond acceptors (Lipinski definition) is 11. The van der Waals surface area contributed by atoms with Crippen molar-refractivity contribution in [2.45, 2.75) is 51.4 Å². The number of nitrogens with one attached hydrogen (secondary N) is 1. The maximum absolute atomic E-state index is 12.6. The van der Waals surface area contributed by atoms with Crippen molar-refractivity contribution in [3.63, 3.8) is 0 Å². The molecule has 0 radical (unpaired) electrons. The third-order valence-corrected chi connectivity index (χ3v) is 9.75. The molecule has 13 heteroatoms. The van der Waals surface area contributed by atoms with Crippen LogP contribution in [0, 0.1) is 0 Å². The molecule has 0 bridgehead atoms. The van der Waals surface area contributed by atoms with E-state index in [0.717, 1.165) is 44.8 Å². The number of carboxylic acids is 1. The highest BCUT2D eigenvalue weighted by Gasteiger charge is 2.20. The Kier molecular flexibility index (Phi) is 15.9. The molecule has 53 heavy (non-hydrogen) atoms. The van der Waals surface area contributed by atoms with Gasteiger partial charge in [0.25, 0.3) is 0 Å². The lowest BCUT2D eigenvalue weighted by molar-refractivity contribution is -0.138. The number of nitrogen functional groups attached to an aromatic ring is 1. The number of amides is 1. The molecule has 276 valence electrons. The van der Waals surface area contributed by atoms with Crippen molar-refractivity contribution in [1.29, 1.82) is 0 Å². The first-order valence-corrected chi connectivity index (χ1v) is 18.6. The number of pyridine rings is 2. The van der Waals surface area contributed by atoms with Crippen molar-refractivity contribution in [2.24, 2.45) is 0 Å². The fraction of sp³-hybridized carbons (Fsp3) is 0.250. The topological polar surface area (TPSA) is 162 Å². The Morgan fingerprint density at radius 1 is 0.698 bits per heavy atom. The molecule has 0 saturated heterocycles. The van der Waals surface area contributed by atoms with Crippen LogP contribution in [-0.4, -0.2) is 51.1 Å². The van der Waals surface area contributed by atoms with E-state index in [0.29, 0.717) is 34.9 Å². The molecule has 6 aromatic rings. The van der Waals surface area contributed by atoms with Crippen LogP contribution in [-0.2, 0) is 22.4 Å². The van der Waals surface area contributed by atoms with Gasteiger partial charge < -0.3 is 25.6 Å². The number of methoxy groups -OCH3 is 2. The van der Waals surface area contributed by atoms with Crippen molar-refractivity contribution < 1.29 is 24.2 Å². The molecule has 6 rings (SSSR count). The first kappa shape index (κ1) is 40.1. The minimum Gasteiger partial charge on any atom is -0.481 e. The fourth-order valence-electron chi connectivity index (χ4n) is 5.40. The first-order chi connectivity index (χ1) is 25.8. The number of carbonyl (C=O) groups is 2. The Bertz CT molecular complexity index is 2010. The zero-order valence-electron chi connectivity index (χ0n) is 30.1. The van der Waals surface area contributed by atoms with E-state index in [1.54, 1.807) is 39.0 Å². The van der Waals surface area contributed by atoms with Gasteiger partial charge in [-0.1, -0.05) is 86.6 Å². The maximum Gasteiger partial charge on any atom is 0.310 e. The second-order valence-corrected chi connectivity index (χ2v) is 13.8. The van der Waals surface area contributed by atoms with Gasteiger partial charge >= 0.3 is 5.97 Å². The van der Waals surface area contributed by atoms with E-state index < -0.39 is 5.97 Å².